The molecule has 0 spiro atoms. The zero-order chi connectivity index (χ0) is 10.9. The maximum atomic E-state index is 2.16. The first-order chi connectivity index (χ1) is 7.33. The highest BCUT2D eigenvalue weighted by molar-refractivity contribution is 5.14. The summed E-state index contributed by atoms with van der Waals surface area (Å²) in [5, 5.41) is 0. The van der Waals surface area contributed by atoms with Crippen LogP contribution in [0.5, 0.6) is 0 Å². The summed E-state index contributed by atoms with van der Waals surface area (Å²) in [5.74, 6) is 0. The molecular weight excluding hydrogens is 180 g/mol. The summed E-state index contributed by atoms with van der Waals surface area (Å²) < 4.78 is 0. The maximum Gasteiger partial charge on any atom is -0.0307 e. The lowest BCUT2D eigenvalue weighted by Crippen LogP contribution is -1.73. The van der Waals surface area contributed by atoms with Gasteiger partial charge in [0.2, 0.25) is 0 Å². The molecule has 0 saturated carbocycles. The first-order valence-corrected chi connectivity index (χ1v) is 5.38. The first-order valence-electron chi connectivity index (χ1n) is 5.38. The maximum absolute atomic E-state index is 2.16. The van der Waals surface area contributed by atoms with Crippen LogP contribution in [-0.2, 0) is 6.42 Å². The third-order valence-corrected chi connectivity index (χ3v) is 2.19. The van der Waals surface area contributed by atoms with E-state index in [0.717, 1.165) is 6.42 Å². The molecule has 0 heteroatoms. The quantitative estimate of drug-likeness (QED) is 0.642. The summed E-state index contributed by atoms with van der Waals surface area (Å²) in [6.45, 7) is 4.25. The SMILES string of the molecule is CCc1ccccc1.Cc1ccccc1. The van der Waals surface area contributed by atoms with E-state index in [1.54, 1.807) is 0 Å². The normalized spacial score (nSPS) is 8.93. The van der Waals surface area contributed by atoms with Gasteiger partial charge in [-0.3, -0.25) is 0 Å². The van der Waals surface area contributed by atoms with Crippen LogP contribution < -0.4 is 0 Å². The van der Waals surface area contributed by atoms with Crippen molar-refractivity contribution in [2.45, 2.75) is 20.3 Å². The Morgan fingerprint density at radius 2 is 1.20 bits per heavy atom. The number of hydrogen-bond acceptors (Lipinski definition) is 0. The fourth-order valence-electron chi connectivity index (χ4n) is 1.25. The number of aryl methyl sites for hydroxylation is 2. The molecule has 78 valence electrons. The van der Waals surface area contributed by atoms with Crippen LogP contribution in [0, 0.1) is 6.92 Å². The average Bonchev–Trinajstić information content (AvgIpc) is 2.32. The molecule has 0 bridgehead atoms. The molecule has 0 unspecified atom stereocenters. The van der Waals surface area contributed by atoms with Crippen LogP contribution in [0.1, 0.15) is 18.1 Å². The molecule has 0 aliphatic rings. The molecule has 0 N–H and O–H groups in total. The van der Waals surface area contributed by atoms with Crippen molar-refractivity contribution in [2.24, 2.45) is 0 Å². The topological polar surface area (TPSA) is 0 Å². The van der Waals surface area contributed by atoms with Gasteiger partial charge in [0.15, 0.2) is 0 Å². The molecule has 0 nitrogen and oxygen atoms in total. The summed E-state index contributed by atoms with van der Waals surface area (Å²) in [4.78, 5) is 0. The molecule has 0 heterocycles. The van der Waals surface area contributed by atoms with Gasteiger partial charge in [-0.05, 0) is 18.9 Å². The molecule has 0 aliphatic carbocycles. The molecule has 2 aromatic rings. The summed E-state index contributed by atoms with van der Waals surface area (Å²) in [7, 11) is 0. The van der Waals surface area contributed by atoms with Gasteiger partial charge < -0.3 is 0 Å². The van der Waals surface area contributed by atoms with Gasteiger partial charge in [-0.15, -0.1) is 0 Å². The van der Waals surface area contributed by atoms with E-state index in [-0.39, 0.29) is 0 Å². The summed E-state index contributed by atoms with van der Waals surface area (Å²) in [6.07, 6.45) is 1.14. The van der Waals surface area contributed by atoms with E-state index in [1.807, 2.05) is 24.3 Å². The number of rotatable bonds is 1. The van der Waals surface area contributed by atoms with Gasteiger partial charge in [0, 0.05) is 0 Å². The second-order valence-electron chi connectivity index (χ2n) is 3.49. The molecule has 0 fully saturated rings. The predicted molar refractivity (Wildman–Crippen MR) is 67.0 cm³/mol. The van der Waals surface area contributed by atoms with Crippen molar-refractivity contribution >= 4 is 0 Å². The van der Waals surface area contributed by atoms with Gasteiger partial charge in [-0.1, -0.05) is 73.2 Å². The lowest BCUT2D eigenvalue weighted by molar-refractivity contribution is 1.14. The third kappa shape index (κ3) is 5.02. The van der Waals surface area contributed by atoms with E-state index >= 15 is 0 Å². The minimum Gasteiger partial charge on any atom is -0.0622 e. The molecule has 0 radical (unpaired) electrons. The Morgan fingerprint density at radius 1 is 0.733 bits per heavy atom. The summed E-state index contributed by atoms with van der Waals surface area (Å²) in [5.41, 5.74) is 2.73. The van der Waals surface area contributed by atoms with Crippen LogP contribution in [0.15, 0.2) is 60.7 Å². The van der Waals surface area contributed by atoms with Crippen molar-refractivity contribution in [2.75, 3.05) is 0 Å². The van der Waals surface area contributed by atoms with E-state index in [4.69, 9.17) is 0 Å². The van der Waals surface area contributed by atoms with Crippen LogP contribution in [0.3, 0.4) is 0 Å². The van der Waals surface area contributed by atoms with Crippen LogP contribution in [0.4, 0.5) is 0 Å². The zero-order valence-electron chi connectivity index (χ0n) is 9.48. The molecular formula is C15H18. The van der Waals surface area contributed by atoms with Crippen LogP contribution in [0.2, 0.25) is 0 Å². The zero-order valence-corrected chi connectivity index (χ0v) is 9.48. The molecule has 2 rings (SSSR count). The minimum absolute atomic E-state index is 1.14. The van der Waals surface area contributed by atoms with Gasteiger partial charge in [-0.25, -0.2) is 0 Å². The highest BCUT2D eigenvalue weighted by Crippen LogP contribution is 1.96. The van der Waals surface area contributed by atoms with E-state index in [2.05, 4.69) is 50.2 Å². The van der Waals surface area contributed by atoms with Crippen LogP contribution in [-0.4, -0.2) is 0 Å². The first kappa shape index (κ1) is 11.5. The molecule has 0 aromatic heterocycles. The summed E-state index contributed by atoms with van der Waals surface area (Å²) in [6, 6.07) is 20.7. The van der Waals surface area contributed by atoms with Crippen LogP contribution in [0.25, 0.3) is 0 Å². The smallest absolute Gasteiger partial charge is 0.0307 e. The lowest BCUT2D eigenvalue weighted by Gasteiger charge is -1.89. The average molecular weight is 198 g/mol. The molecule has 2 aromatic carbocycles. The highest BCUT2D eigenvalue weighted by atomic mass is 13.9. The number of benzene rings is 2. The molecule has 15 heavy (non-hydrogen) atoms. The Balaban J connectivity index is 0.000000151. The Labute approximate surface area is 92.6 Å². The minimum atomic E-state index is 1.14. The molecule has 0 atom stereocenters. The predicted octanol–water partition coefficient (Wildman–Crippen LogP) is 4.24. The number of hydrogen-bond donors (Lipinski definition) is 0. The lowest BCUT2D eigenvalue weighted by atomic mass is 10.2. The highest BCUT2D eigenvalue weighted by Gasteiger charge is 1.79. The largest absolute Gasteiger partial charge is 0.0622 e. The second kappa shape index (κ2) is 6.83. The van der Waals surface area contributed by atoms with Gasteiger partial charge in [-0.2, -0.15) is 0 Å². The Bertz CT molecular complexity index is 348. The molecule has 0 aliphatic heterocycles. The van der Waals surface area contributed by atoms with Crippen molar-refractivity contribution in [3.8, 4) is 0 Å². The van der Waals surface area contributed by atoms with Crippen molar-refractivity contribution in [3.05, 3.63) is 71.8 Å². The Morgan fingerprint density at radius 3 is 1.47 bits per heavy atom. The van der Waals surface area contributed by atoms with Gasteiger partial charge in [0.25, 0.3) is 0 Å². The van der Waals surface area contributed by atoms with Crippen molar-refractivity contribution < 1.29 is 0 Å². The molecule has 0 amide bonds. The second-order valence-corrected chi connectivity index (χ2v) is 3.49. The van der Waals surface area contributed by atoms with Gasteiger partial charge in [0.1, 0.15) is 0 Å². The Hall–Kier alpha value is -1.56. The van der Waals surface area contributed by atoms with Crippen molar-refractivity contribution in [1.82, 2.24) is 0 Å². The van der Waals surface area contributed by atoms with E-state index in [0.29, 0.717) is 0 Å². The third-order valence-electron chi connectivity index (χ3n) is 2.19. The van der Waals surface area contributed by atoms with Gasteiger partial charge in [0.05, 0.1) is 0 Å². The summed E-state index contributed by atoms with van der Waals surface area (Å²) >= 11 is 0. The van der Waals surface area contributed by atoms with E-state index < -0.39 is 0 Å². The van der Waals surface area contributed by atoms with Crippen LogP contribution >= 0.6 is 0 Å². The van der Waals surface area contributed by atoms with E-state index in [1.165, 1.54) is 11.1 Å². The van der Waals surface area contributed by atoms with E-state index in [9.17, 15) is 0 Å². The molecule has 0 saturated heterocycles. The van der Waals surface area contributed by atoms with Crippen molar-refractivity contribution in [3.63, 3.8) is 0 Å². The fourth-order valence-corrected chi connectivity index (χ4v) is 1.25. The van der Waals surface area contributed by atoms with Crippen molar-refractivity contribution in [1.29, 1.82) is 0 Å². The monoisotopic (exact) mass is 198 g/mol. The standard InChI is InChI=1S/C8H10.C7H8/c1-2-8-6-4-3-5-7-8;1-7-5-3-2-4-6-7/h3-7H,2H2,1H3;2-6H,1H3. The fraction of sp³-hybridized carbons (Fsp3) is 0.200. The van der Waals surface area contributed by atoms with Gasteiger partial charge >= 0.3 is 0 Å². The Kier molecular flexibility index (Phi) is 5.24.